The number of amides is 1. The Hall–Kier alpha value is -3.93. The van der Waals surface area contributed by atoms with Crippen molar-refractivity contribution in [3.05, 3.63) is 95.8 Å². The van der Waals surface area contributed by atoms with Crippen LogP contribution in [0.3, 0.4) is 0 Å². The van der Waals surface area contributed by atoms with E-state index in [0.717, 1.165) is 18.8 Å². The summed E-state index contributed by atoms with van der Waals surface area (Å²) in [6.45, 7) is 2.05. The van der Waals surface area contributed by atoms with E-state index in [0.29, 0.717) is 16.8 Å². The molecule has 0 bridgehead atoms. The van der Waals surface area contributed by atoms with Gasteiger partial charge in [-0.2, -0.15) is 0 Å². The molecule has 0 spiro atoms. The number of carbonyl (C=O) groups excluding carboxylic acids is 2. The van der Waals surface area contributed by atoms with Crippen LogP contribution in [-0.2, 0) is 9.59 Å². The standard InChI is InChI=1S/C27H25N3O3/c31-25(19-8-3-1-4-9-19)23-24(20-10-7-15-28-18-20)30(27(33)26(23)32)22-13-11-21(12-14-22)29-16-5-2-6-17-29/h1,3-4,7-15,18,24,31H,2,5-6,16-17H2/b25-23+. The quantitative estimate of drug-likeness (QED) is 0.362. The number of carbonyl (C=O) groups is 2. The van der Waals surface area contributed by atoms with Crippen LogP contribution < -0.4 is 9.80 Å². The van der Waals surface area contributed by atoms with Gasteiger partial charge in [0.25, 0.3) is 11.7 Å². The molecule has 3 aromatic rings. The second kappa shape index (κ2) is 8.90. The molecule has 33 heavy (non-hydrogen) atoms. The van der Waals surface area contributed by atoms with E-state index in [2.05, 4.69) is 9.88 Å². The van der Waals surface area contributed by atoms with E-state index in [-0.39, 0.29) is 11.3 Å². The number of pyridine rings is 1. The van der Waals surface area contributed by atoms with Crippen LogP contribution in [0.5, 0.6) is 0 Å². The minimum atomic E-state index is -0.764. The van der Waals surface area contributed by atoms with Gasteiger partial charge in [-0.1, -0.05) is 36.4 Å². The number of hydrogen-bond donors (Lipinski definition) is 1. The molecule has 0 radical (unpaired) electrons. The summed E-state index contributed by atoms with van der Waals surface area (Å²) < 4.78 is 0. The maximum absolute atomic E-state index is 13.2. The highest BCUT2D eigenvalue weighted by molar-refractivity contribution is 6.51. The monoisotopic (exact) mass is 439 g/mol. The SMILES string of the molecule is O=C1C(=O)N(c2ccc(N3CCCCC3)cc2)C(c2cccnc2)/C1=C(\O)c1ccccc1. The second-order valence-corrected chi connectivity index (χ2v) is 8.39. The zero-order valence-electron chi connectivity index (χ0n) is 18.2. The van der Waals surface area contributed by atoms with Gasteiger partial charge in [-0.25, -0.2) is 0 Å². The zero-order chi connectivity index (χ0) is 22.8. The van der Waals surface area contributed by atoms with E-state index in [1.54, 1.807) is 42.7 Å². The number of hydrogen-bond acceptors (Lipinski definition) is 5. The van der Waals surface area contributed by atoms with Crippen molar-refractivity contribution in [3.63, 3.8) is 0 Å². The van der Waals surface area contributed by atoms with Gasteiger partial charge in [0.05, 0.1) is 11.6 Å². The Labute approximate surface area is 192 Å². The molecule has 5 rings (SSSR count). The topological polar surface area (TPSA) is 73.7 Å². The van der Waals surface area contributed by atoms with Gasteiger partial charge in [0, 0.05) is 42.4 Å². The maximum Gasteiger partial charge on any atom is 0.300 e. The Morgan fingerprint density at radius 2 is 1.55 bits per heavy atom. The second-order valence-electron chi connectivity index (χ2n) is 8.39. The first-order valence-corrected chi connectivity index (χ1v) is 11.3. The third-order valence-electron chi connectivity index (χ3n) is 6.34. The molecule has 2 saturated heterocycles. The average Bonchev–Trinajstić information content (AvgIpc) is 3.15. The lowest BCUT2D eigenvalue weighted by atomic mass is 9.96. The molecule has 2 aliphatic rings. The van der Waals surface area contributed by atoms with Crippen molar-refractivity contribution in [2.45, 2.75) is 25.3 Å². The molecule has 1 N–H and O–H groups in total. The van der Waals surface area contributed by atoms with Gasteiger partial charge in [0.2, 0.25) is 0 Å². The number of ketones is 1. The number of rotatable bonds is 4. The van der Waals surface area contributed by atoms with Crippen LogP contribution in [-0.4, -0.2) is 34.9 Å². The Balaban J connectivity index is 1.59. The molecule has 2 fully saturated rings. The first kappa shape index (κ1) is 20.9. The fraction of sp³-hybridized carbons (Fsp3) is 0.222. The minimum Gasteiger partial charge on any atom is -0.507 e. The minimum absolute atomic E-state index is 0.0688. The fourth-order valence-electron chi connectivity index (χ4n) is 4.68. The molecule has 6 heteroatoms. The largest absolute Gasteiger partial charge is 0.507 e. The third-order valence-corrected chi connectivity index (χ3v) is 6.34. The van der Waals surface area contributed by atoms with Crippen LogP contribution in [0.1, 0.15) is 36.4 Å². The summed E-state index contributed by atoms with van der Waals surface area (Å²) in [5, 5.41) is 11.1. The Bertz CT molecular complexity index is 1180. The number of anilines is 2. The lowest BCUT2D eigenvalue weighted by Gasteiger charge is -2.30. The van der Waals surface area contributed by atoms with E-state index in [9.17, 15) is 14.7 Å². The fourth-order valence-corrected chi connectivity index (χ4v) is 4.68. The van der Waals surface area contributed by atoms with Crippen LogP contribution in [0.15, 0.2) is 84.7 Å². The Morgan fingerprint density at radius 1 is 0.848 bits per heavy atom. The number of benzene rings is 2. The smallest absolute Gasteiger partial charge is 0.300 e. The predicted octanol–water partition coefficient (Wildman–Crippen LogP) is 4.70. The molecule has 1 amide bonds. The summed E-state index contributed by atoms with van der Waals surface area (Å²) in [5.41, 5.74) is 2.94. The molecular weight excluding hydrogens is 414 g/mol. The van der Waals surface area contributed by atoms with Crippen LogP contribution >= 0.6 is 0 Å². The Kier molecular flexibility index (Phi) is 5.65. The highest BCUT2D eigenvalue weighted by Gasteiger charge is 2.47. The van der Waals surface area contributed by atoms with Crippen molar-refractivity contribution in [3.8, 4) is 0 Å². The summed E-state index contributed by atoms with van der Waals surface area (Å²) in [7, 11) is 0. The van der Waals surface area contributed by atoms with E-state index in [4.69, 9.17) is 0 Å². The number of piperidine rings is 1. The van der Waals surface area contributed by atoms with Gasteiger partial charge in [-0.15, -0.1) is 0 Å². The summed E-state index contributed by atoms with van der Waals surface area (Å²) in [6, 6.07) is 19.4. The van der Waals surface area contributed by atoms with Crippen molar-refractivity contribution in [1.29, 1.82) is 0 Å². The highest BCUT2D eigenvalue weighted by Crippen LogP contribution is 2.42. The molecule has 166 valence electrons. The number of aromatic nitrogens is 1. The molecule has 2 aliphatic heterocycles. The molecule has 0 saturated carbocycles. The van der Waals surface area contributed by atoms with Crippen molar-refractivity contribution >= 4 is 28.8 Å². The van der Waals surface area contributed by atoms with Crippen LogP contribution in [0.2, 0.25) is 0 Å². The van der Waals surface area contributed by atoms with Crippen molar-refractivity contribution in [2.75, 3.05) is 22.9 Å². The molecule has 2 aromatic carbocycles. The van der Waals surface area contributed by atoms with Gasteiger partial charge in [0.15, 0.2) is 0 Å². The van der Waals surface area contributed by atoms with Crippen molar-refractivity contribution < 1.29 is 14.7 Å². The van der Waals surface area contributed by atoms with Crippen LogP contribution in [0.4, 0.5) is 11.4 Å². The molecule has 1 aromatic heterocycles. The van der Waals surface area contributed by atoms with Crippen LogP contribution in [0.25, 0.3) is 5.76 Å². The van der Waals surface area contributed by atoms with Gasteiger partial charge < -0.3 is 10.0 Å². The number of aliphatic hydroxyl groups is 1. The predicted molar refractivity (Wildman–Crippen MR) is 128 cm³/mol. The zero-order valence-corrected chi connectivity index (χ0v) is 18.2. The molecule has 1 unspecified atom stereocenters. The summed E-state index contributed by atoms with van der Waals surface area (Å²) >= 11 is 0. The van der Waals surface area contributed by atoms with E-state index >= 15 is 0 Å². The van der Waals surface area contributed by atoms with E-state index < -0.39 is 17.7 Å². The first-order chi connectivity index (χ1) is 16.1. The molecule has 0 aliphatic carbocycles. The normalized spacial score (nSPS) is 20.3. The van der Waals surface area contributed by atoms with E-state index in [1.165, 1.54) is 24.2 Å². The molecular formula is C27H25N3O3. The van der Waals surface area contributed by atoms with Gasteiger partial charge in [-0.3, -0.25) is 19.5 Å². The Morgan fingerprint density at radius 3 is 2.21 bits per heavy atom. The summed E-state index contributed by atoms with van der Waals surface area (Å²) in [5.74, 6) is -1.55. The highest BCUT2D eigenvalue weighted by atomic mass is 16.3. The van der Waals surface area contributed by atoms with Crippen molar-refractivity contribution in [1.82, 2.24) is 4.98 Å². The van der Waals surface area contributed by atoms with Gasteiger partial charge in [-0.05, 0) is 55.2 Å². The summed E-state index contributed by atoms with van der Waals surface area (Å²) in [4.78, 5) is 34.4. The maximum atomic E-state index is 13.2. The first-order valence-electron chi connectivity index (χ1n) is 11.3. The summed E-state index contributed by atoms with van der Waals surface area (Å²) in [6.07, 6.45) is 6.88. The van der Waals surface area contributed by atoms with E-state index in [1.807, 2.05) is 36.4 Å². The number of nitrogens with zero attached hydrogens (tertiary/aromatic N) is 3. The lowest BCUT2D eigenvalue weighted by molar-refractivity contribution is -0.132. The van der Waals surface area contributed by atoms with Gasteiger partial charge >= 0.3 is 0 Å². The average molecular weight is 440 g/mol. The number of aliphatic hydroxyl groups excluding tert-OH is 1. The molecule has 3 heterocycles. The molecule has 6 nitrogen and oxygen atoms in total. The lowest BCUT2D eigenvalue weighted by Crippen LogP contribution is -2.30. The van der Waals surface area contributed by atoms with Crippen molar-refractivity contribution in [2.24, 2.45) is 0 Å². The van der Waals surface area contributed by atoms with Gasteiger partial charge in [0.1, 0.15) is 5.76 Å². The molecule has 1 atom stereocenters. The number of Topliss-reactive ketones (excluding diaryl/α,β-unsaturated/α-hetero) is 1. The van der Waals surface area contributed by atoms with Crippen LogP contribution in [0, 0.1) is 0 Å². The third kappa shape index (κ3) is 3.89.